The molecule has 0 saturated heterocycles. The number of pyridine rings is 2. The van der Waals surface area contributed by atoms with Crippen molar-refractivity contribution >= 4 is 17.2 Å². The zero-order valence-corrected chi connectivity index (χ0v) is 15.1. The van der Waals surface area contributed by atoms with Crippen LogP contribution in [0.2, 0.25) is 0 Å². The molecule has 8 heteroatoms. The number of imidazole rings is 2. The number of nitrogens with one attached hydrogen (secondary N) is 1. The van der Waals surface area contributed by atoms with Crippen molar-refractivity contribution < 1.29 is 4.79 Å². The predicted octanol–water partition coefficient (Wildman–Crippen LogP) is 2.23. The molecule has 1 amide bonds. The van der Waals surface area contributed by atoms with Crippen LogP contribution in [0.1, 0.15) is 16.2 Å². The Morgan fingerprint density at radius 3 is 2.78 bits per heavy atom. The van der Waals surface area contributed by atoms with Gasteiger partial charge in [-0.1, -0.05) is 12.1 Å². The molecule has 0 aliphatic heterocycles. The first-order valence-electron chi connectivity index (χ1n) is 8.50. The van der Waals surface area contributed by atoms with Gasteiger partial charge in [-0.2, -0.15) is 0 Å². The lowest BCUT2D eigenvalue weighted by Gasteiger charge is -2.06. The van der Waals surface area contributed by atoms with Crippen LogP contribution < -0.4 is 5.32 Å². The zero-order valence-electron chi connectivity index (χ0n) is 15.1. The summed E-state index contributed by atoms with van der Waals surface area (Å²) < 4.78 is 3.73. The van der Waals surface area contributed by atoms with Gasteiger partial charge in [-0.25, -0.2) is 15.0 Å². The fourth-order valence-electron chi connectivity index (χ4n) is 2.81. The fourth-order valence-corrected chi connectivity index (χ4v) is 2.81. The van der Waals surface area contributed by atoms with E-state index in [1.165, 1.54) is 4.90 Å². The second-order valence-electron chi connectivity index (χ2n) is 6.25. The second-order valence-corrected chi connectivity index (χ2v) is 6.25. The van der Waals surface area contributed by atoms with E-state index in [1.54, 1.807) is 37.4 Å². The van der Waals surface area contributed by atoms with Gasteiger partial charge in [0.1, 0.15) is 17.8 Å². The quantitative estimate of drug-likeness (QED) is 0.590. The Hall–Kier alpha value is -3.68. The minimum absolute atomic E-state index is 0.147. The van der Waals surface area contributed by atoms with Gasteiger partial charge in [0.2, 0.25) is 5.95 Å². The van der Waals surface area contributed by atoms with E-state index in [0.717, 1.165) is 17.0 Å². The molecule has 4 aromatic heterocycles. The predicted molar refractivity (Wildman–Crippen MR) is 102 cm³/mol. The van der Waals surface area contributed by atoms with Crippen LogP contribution in [-0.2, 0) is 6.54 Å². The maximum absolute atomic E-state index is 12.1. The van der Waals surface area contributed by atoms with Crippen LogP contribution in [0.25, 0.3) is 11.5 Å². The molecular weight excluding hydrogens is 342 g/mol. The maximum atomic E-state index is 12.1. The highest BCUT2D eigenvalue weighted by atomic mass is 16.2. The van der Waals surface area contributed by atoms with Gasteiger partial charge < -0.3 is 10.2 Å². The molecule has 4 heterocycles. The number of aromatic nitrogens is 5. The Labute approximate surface area is 156 Å². The molecule has 1 N–H and O–H groups in total. The number of nitrogens with zero attached hydrogens (tertiary/aromatic N) is 6. The molecule has 27 heavy (non-hydrogen) atoms. The number of anilines is 1. The van der Waals surface area contributed by atoms with Crippen LogP contribution in [0.4, 0.5) is 5.82 Å². The van der Waals surface area contributed by atoms with Crippen molar-refractivity contribution in [3.8, 4) is 5.95 Å². The Balaban J connectivity index is 1.69. The van der Waals surface area contributed by atoms with Crippen LogP contribution in [-0.4, -0.2) is 48.8 Å². The molecule has 4 aromatic rings. The Morgan fingerprint density at radius 1 is 1.15 bits per heavy atom. The summed E-state index contributed by atoms with van der Waals surface area (Å²) in [4.78, 5) is 26.9. The van der Waals surface area contributed by atoms with Gasteiger partial charge in [0.25, 0.3) is 5.91 Å². The highest BCUT2D eigenvalue weighted by molar-refractivity contribution is 5.91. The highest BCUT2D eigenvalue weighted by Gasteiger charge is 2.16. The third-order valence-electron chi connectivity index (χ3n) is 4.15. The number of hydrogen-bond acceptors (Lipinski definition) is 5. The molecule has 136 valence electrons. The van der Waals surface area contributed by atoms with E-state index in [0.29, 0.717) is 18.2 Å². The lowest BCUT2D eigenvalue weighted by atomic mass is 10.3. The molecule has 0 aromatic carbocycles. The zero-order chi connectivity index (χ0) is 18.8. The Morgan fingerprint density at radius 2 is 2.00 bits per heavy atom. The Kier molecular flexibility index (Phi) is 4.29. The second kappa shape index (κ2) is 6.91. The number of carbonyl (C=O) groups excluding carboxylic acids is 1. The monoisotopic (exact) mass is 361 g/mol. The summed E-state index contributed by atoms with van der Waals surface area (Å²) in [5.41, 5.74) is 2.23. The smallest absolute Gasteiger partial charge is 0.273 e. The molecule has 4 rings (SSSR count). The van der Waals surface area contributed by atoms with Crippen molar-refractivity contribution in [1.29, 1.82) is 0 Å². The first-order chi connectivity index (χ1) is 13.1. The van der Waals surface area contributed by atoms with Crippen molar-refractivity contribution in [3.63, 3.8) is 0 Å². The lowest BCUT2D eigenvalue weighted by Crippen LogP contribution is -2.21. The van der Waals surface area contributed by atoms with E-state index < -0.39 is 0 Å². The average Bonchev–Trinajstić information content (AvgIpc) is 3.31. The van der Waals surface area contributed by atoms with Crippen molar-refractivity contribution in [2.75, 3.05) is 19.4 Å². The summed E-state index contributed by atoms with van der Waals surface area (Å²) in [5, 5.41) is 3.28. The van der Waals surface area contributed by atoms with Gasteiger partial charge in [-0.05, 0) is 24.3 Å². The first-order valence-corrected chi connectivity index (χ1v) is 8.50. The lowest BCUT2D eigenvalue weighted by molar-refractivity contribution is 0.0822. The normalized spacial score (nSPS) is 10.9. The van der Waals surface area contributed by atoms with Crippen LogP contribution >= 0.6 is 0 Å². The van der Waals surface area contributed by atoms with Gasteiger partial charge in [-0.15, -0.1) is 0 Å². The number of rotatable bonds is 5. The standard InChI is InChI=1S/C19H19N7O/c1-24(2)18(27)15-12-25(13-22-15)19-23-14(16-7-4-6-10-26(16)19)11-21-17-8-3-5-9-20-17/h3-10,12-13H,11H2,1-2H3,(H,20,21). The molecule has 0 saturated carbocycles. The average molecular weight is 361 g/mol. The molecule has 8 nitrogen and oxygen atoms in total. The van der Waals surface area contributed by atoms with Crippen molar-refractivity contribution in [2.45, 2.75) is 6.54 Å². The third kappa shape index (κ3) is 3.24. The highest BCUT2D eigenvalue weighted by Crippen LogP contribution is 2.18. The van der Waals surface area contributed by atoms with E-state index in [1.807, 2.05) is 47.0 Å². The number of carbonyl (C=O) groups is 1. The summed E-state index contributed by atoms with van der Waals surface area (Å²) in [7, 11) is 3.40. The summed E-state index contributed by atoms with van der Waals surface area (Å²) in [6.07, 6.45) is 6.98. The molecule has 0 aliphatic carbocycles. The number of fused-ring (bicyclic) bond motifs is 1. The van der Waals surface area contributed by atoms with Gasteiger partial charge >= 0.3 is 0 Å². The SMILES string of the molecule is CN(C)C(=O)c1cn(-c2nc(CNc3ccccn3)c3ccccn23)cn1. The van der Waals surface area contributed by atoms with E-state index in [2.05, 4.69) is 15.3 Å². The minimum atomic E-state index is -0.147. The van der Waals surface area contributed by atoms with Crippen molar-refractivity contribution in [1.82, 2.24) is 28.8 Å². The summed E-state index contributed by atoms with van der Waals surface area (Å²) >= 11 is 0. The Bertz CT molecular complexity index is 1080. The van der Waals surface area contributed by atoms with Crippen LogP contribution in [0.15, 0.2) is 61.3 Å². The topological polar surface area (TPSA) is 80.4 Å². The molecule has 0 atom stereocenters. The first kappa shape index (κ1) is 16.8. The maximum Gasteiger partial charge on any atom is 0.273 e. The van der Waals surface area contributed by atoms with Crippen LogP contribution in [0.3, 0.4) is 0 Å². The third-order valence-corrected chi connectivity index (χ3v) is 4.15. The number of hydrogen-bond donors (Lipinski definition) is 1. The van der Waals surface area contributed by atoms with Crippen molar-refractivity contribution in [3.05, 3.63) is 72.7 Å². The molecule has 0 radical (unpaired) electrons. The molecule has 0 spiro atoms. The molecular formula is C19H19N7O. The van der Waals surface area contributed by atoms with E-state index in [4.69, 9.17) is 4.98 Å². The molecule has 0 aliphatic rings. The molecule has 0 fully saturated rings. The van der Waals surface area contributed by atoms with Crippen molar-refractivity contribution in [2.24, 2.45) is 0 Å². The molecule has 0 bridgehead atoms. The van der Waals surface area contributed by atoms with E-state index in [9.17, 15) is 4.79 Å². The minimum Gasteiger partial charge on any atom is -0.364 e. The van der Waals surface area contributed by atoms with Gasteiger partial charge in [0.15, 0.2) is 0 Å². The van der Waals surface area contributed by atoms with Crippen LogP contribution in [0, 0.1) is 0 Å². The summed E-state index contributed by atoms with van der Waals surface area (Å²) in [5.74, 6) is 1.32. The van der Waals surface area contributed by atoms with E-state index in [-0.39, 0.29) is 5.91 Å². The summed E-state index contributed by atoms with van der Waals surface area (Å²) in [6.45, 7) is 0.530. The van der Waals surface area contributed by atoms with Crippen LogP contribution in [0.5, 0.6) is 0 Å². The van der Waals surface area contributed by atoms with Gasteiger partial charge in [-0.3, -0.25) is 13.8 Å². The fraction of sp³-hybridized carbons (Fsp3) is 0.158. The largest absolute Gasteiger partial charge is 0.364 e. The van der Waals surface area contributed by atoms with Gasteiger partial charge in [0, 0.05) is 32.7 Å². The molecule has 0 unspecified atom stereocenters. The van der Waals surface area contributed by atoms with E-state index >= 15 is 0 Å². The number of amides is 1. The van der Waals surface area contributed by atoms with Gasteiger partial charge in [0.05, 0.1) is 17.8 Å². The summed E-state index contributed by atoms with van der Waals surface area (Å²) in [6, 6.07) is 11.6.